The summed E-state index contributed by atoms with van der Waals surface area (Å²) in [5.41, 5.74) is 1.21. The number of carbonyl (C=O) groups excluding carboxylic acids is 2. The van der Waals surface area contributed by atoms with Gasteiger partial charge in [-0.25, -0.2) is 4.39 Å². The number of rotatable bonds is 9. The van der Waals surface area contributed by atoms with Crippen molar-refractivity contribution < 1.29 is 32.9 Å². The zero-order valence-electron chi connectivity index (χ0n) is 16.8. The van der Waals surface area contributed by atoms with Gasteiger partial charge in [0.05, 0.1) is 21.3 Å². The van der Waals surface area contributed by atoms with Gasteiger partial charge in [0, 0.05) is 12.1 Å². The molecule has 0 spiro atoms. The average Bonchev–Trinajstić information content (AvgIpc) is 2.72. The average molecular weight is 405 g/mol. The summed E-state index contributed by atoms with van der Waals surface area (Å²) in [7, 11) is 4.53. The second-order valence-corrected chi connectivity index (χ2v) is 6.16. The molecule has 0 unspecified atom stereocenters. The Labute approximate surface area is 168 Å². The highest BCUT2D eigenvalue weighted by molar-refractivity contribution is 5.95. The number of esters is 1. The van der Waals surface area contributed by atoms with Crippen LogP contribution in [0.5, 0.6) is 17.2 Å². The van der Waals surface area contributed by atoms with E-state index >= 15 is 0 Å². The first kappa shape index (κ1) is 22.0. The van der Waals surface area contributed by atoms with E-state index in [4.69, 9.17) is 18.9 Å². The predicted octanol–water partition coefficient (Wildman–Crippen LogP) is 3.35. The summed E-state index contributed by atoms with van der Waals surface area (Å²) < 4.78 is 33.9. The van der Waals surface area contributed by atoms with E-state index < -0.39 is 23.8 Å². The zero-order valence-corrected chi connectivity index (χ0v) is 16.8. The van der Waals surface area contributed by atoms with E-state index in [0.29, 0.717) is 29.4 Å². The number of methoxy groups -OCH3 is 3. The van der Waals surface area contributed by atoms with Crippen LogP contribution in [0.15, 0.2) is 36.4 Å². The molecule has 2 aromatic rings. The number of anilines is 1. The van der Waals surface area contributed by atoms with Crippen molar-refractivity contribution in [3.8, 4) is 17.2 Å². The largest absolute Gasteiger partial charge is 0.493 e. The smallest absolute Gasteiger partial charge is 0.306 e. The van der Waals surface area contributed by atoms with Gasteiger partial charge in [0.1, 0.15) is 5.82 Å². The maximum absolute atomic E-state index is 12.9. The first-order valence-corrected chi connectivity index (χ1v) is 8.92. The molecule has 1 N–H and O–H groups in total. The number of ether oxygens (including phenoxy) is 4. The molecule has 0 aliphatic carbocycles. The number of aryl methyl sites for hydroxylation is 1. The molecule has 7 nitrogen and oxygen atoms in total. The van der Waals surface area contributed by atoms with Crippen LogP contribution >= 0.6 is 0 Å². The van der Waals surface area contributed by atoms with Crippen molar-refractivity contribution in [1.29, 1.82) is 0 Å². The molecule has 0 saturated carbocycles. The third kappa shape index (κ3) is 6.10. The quantitative estimate of drug-likeness (QED) is 0.644. The highest BCUT2D eigenvalue weighted by atomic mass is 19.1. The Balaban J connectivity index is 1.92. The molecule has 2 rings (SSSR count). The van der Waals surface area contributed by atoms with Crippen molar-refractivity contribution in [3.05, 3.63) is 47.8 Å². The Morgan fingerprint density at radius 1 is 1.00 bits per heavy atom. The van der Waals surface area contributed by atoms with E-state index in [2.05, 4.69) is 5.32 Å². The van der Waals surface area contributed by atoms with Gasteiger partial charge < -0.3 is 24.3 Å². The third-order valence-electron chi connectivity index (χ3n) is 4.13. The van der Waals surface area contributed by atoms with Crippen molar-refractivity contribution in [2.45, 2.75) is 25.9 Å². The van der Waals surface area contributed by atoms with Crippen LogP contribution in [0, 0.1) is 5.82 Å². The standard InChI is InChI=1S/C21H24FNO6/c1-13(21(25)23-16-8-6-15(22)7-9-16)29-19(24)10-5-14-11-17(26-2)20(28-4)18(12-14)27-3/h6-9,11-13H,5,10H2,1-4H3,(H,23,25)/t13-/m0/s1. The zero-order chi connectivity index (χ0) is 21.4. The lowest BCUT2D eigenvalue weighted by Crippen LogP contribution is -2.30. The topological polar surface area (TPSA) is 83.1 Å². The van der Waals surface area contributed by atoms with Crippen molar-refractivity contribution >= 4 is 17.6 Å². The summed E-state index contributed by atoms with van der Waals surface area (Å²) in [5, 5.41) is 2.56. The van der Waals surface area contributed by atoms with Crippen LogP contribution < -0.4 is 19.5 Å². The summed E-state index contributed by atoms with van der Waals surface area (Å²) in [5.74, 6) is 0.00413. The number of carbonyl (C=O) groups is 2. The maximum atomic E-state index is 12.9. The lowest BCUT2D eigenvalue weighted by Gasteiger charge is -2.15. The van der Waals surface area contributed by atoms with E-state index in [1.807, 2.05) is 0 Å². The molecular weight excluding hydrogens is 381 g/mol. The predicted molar refractivity (Wildman–Crippen MR) is 105 cm³/mol. The Morgan fingerprint density at radius 2 is 1.59 bits per heavy atom. The Bertz CT molecular complexity index is 828. The number of hydrogen-bond acceptors (Lipinski definition) is 6. The van der Waals surface area contributed by atoms with Crippen molar-refractivity contribution in [2.24, 2.45) is 0 Å². The SMILES string of the molecule is COc1cc(CCC(=O)O[C@@H](C)C(=O)Nc2ccc(F)cc2)cc(OC)c1OC. The summed E-state index contributed by atoms with van der Waals surface area (Å²) in [6, 6.07) is 8.80. The van der Waals surface area contributed by atoms with Crippen LogP contribution in [0.2, 0.25) is 0 Å². The van der Waals surface area contributed by atoms with E-state index in [-0.39, 0.29) is 6.42 Å². The first-order chi connectivity index (χ1) is 13.9. The van der Waals surface area contributed by atoms with E-state index in [1.54, 1.807) is 12.1 Å². The van der Waals surface area contributed by atoms with Gasteiger partial charge in [-0.15, -0.1) is 0 Å². The Morgan fingerprint density at radius 3 is 2.10 bits per heavy atom. The number of halogens is 1. The molecule has 0 heterocycles. The Kier molecular flexibility index (Phi) is 7.82. The highest BCUT2D eigenvalue weighted by Crippen LogP contribution is 2.38. The molecule has 1 amide bonds. The van der Waals surface area contributed by atoms with Gasteiger partial charge in [-0.2, -0.15) is 0 Å². The van der Waals surface area contributed by atoms with Crippen molar-refractivity contribution in [2.75, 3.05) is 26.6 Å². The molecule has 0 aliphatic heterocycles. The molecule has 0 fully saturated rings. The van der Waals surface area contributed by atoms with Crippen LogP contribution in [0.3, 0.4) is 0 Å². The molecule has 29 heavy (non-hydrogen) atoms. The third-order valence-corrected chi connectivity index (χ3v) is 4.13. The minimum Gasteiger partial charge on any atom is -0.493 e. The fourth-order valence-corrected chi connectivity index (χ4v) is 2.61. The molecule has 0 bridgehead atoms. The summed E-state index contributed by atoms with van der Waals surface area (Å²) >= 11 is 0. The number of nitrogens with one attached hydrogen (secondary N) is 1. The molecule has 1 atom stereocenters. The van der Waals surface area contributed by atoms with Crippen LogP contribution in [0.1, 0.15) is 18.9 Å². The fraction of sp³-hybridized carbons (Fsp3) is 0.333. The molecule has 0 saturated heterocycles. The van der Waals surface area contributed by atoms with E-state index in [9.17, 15) is 14.0 Å². The minimum absolute atomic E-state index is 0.0623. The Hall–Kier alpha value is -3.29. The van der Waals surface area contributed by atoms with Crippen molar-refractivity contribution in [1.82, 2.24) is 0 Å². The van der Waals surface area contributed by atoms with Crippen LogP contribution in [0.4, 0.5) is 10.1 Å². The second kappa shape index (κ2) is 10.3. The molecule has 8 heteroatoms. The minimum atomic E-state index is -0.993. The van der Waals surface area contributed by atoms with Gasteiger partial charge in [0.15, 0.2) is 17.6 Å². The highest BCUT2D eigenvalue weighted by Gasteiger charge is 2.19. The number of amides is 1. The molecule has 0 radical (unpaired) electrons. The normalized spacial score (nSPS) is 11.3. The van der Waals surface area contributed by atoms with E-state index in [1.165, 1.54) is 52.5 Å². The van der Waals surface area contributed by atoms with Gasteiger partial charge in [-0.05, 0) is 55.3 Å². The van der Waals surface area contributed by atoms with Crippen molar-refractivity contribution in [3.63, 3.8) is 0 Å². The molecule has 0 aromatic heterocycles. The molecule has 0 aliphatic rings. The van der Waals surface area contributed by atoms with Gasteiger partial charge in [-0.3, -0.25) is 9.59 Å². The maximum Gasteiger partial charge on any atom is 0.306 e. The molecule has 2 aromatic carbocycles. The number of hydrogen-bond donors (Lipinski definition) is 1. The monoisotopic (exact) mass is 405 g/mol. The molecule has 156 valence electrons. The lowest BCUT2D eigenvalue weighted by molar-refractivity contribution is -0.153. The second-order valence-electron chi connectivity index (χ2n) is 6.16. The summed E-state index contributed by atoms with van der Waals surface area (Å²) in [4.78, 5) is 24.2. The first-order valence-electron chi connectivity index (χ1n) is 8.92. The van der Waals surface area contributed by atoms with Gasteiger partial charge >= 0.3 is 5.97 Å². The van der Waals surface area contributed by atoms with Gasteiger partial charge in [-0.1, -0.05) is 0 Å². The van der Waals surface area contributed by atoms with E-state index in [0.717, 1.165) is 5.56 Å². The van der Waals surface area contributed by atoms with Gasteiger partial charge in [0.25, 0.3) is 5.91 Å². The summed E-state index contributed by atoms with van der Waals surface area (Å²) in [6.45, 7) is 1.47. The summed E-state index contributed by atoms with van der Waals surface area (Å²) in [6.07, 6.45) is -0.568. The molecular formula is C21H24FNO6. The van der Waals surface area contributed by atoms with Crippen LogP contribution in [0.25, 0.3) is 0 Å². The van der Waals surface area contributed by atoms with Crippen LogP contribution in [-0.4, -0.2) is 39.3 Å². The lowest BCUT2D eigenvalue weighted by atomic mass is 10.1. The van der Waals surface area contributed by atoms with Crippen LogP contribution in [-0.2, 0) is 20.7 Å². The van der Waals surface area contributed by atoms with Gasteiger partial charge in [0.2, 0.25) is 5.75 Å². The number of benzene rings is 2. The fourth-order valence-electron chi connectivity index (χ4n) is 2.61.